The van der Waals surface area contributed by atoms with E-state index in [2.05, 4.69) is 27.3 Å². The van der Waals surface area contributed by atoms with Crippen molar-refractivity contribution < 1.29 is 29.0 Å². The second-order valence-corrected chi connectivity index (χ2v) is 10.1. The molecule has 3 N–H and O–H groups in total. The van der Waals surface area contributed by atoms with Gasteiger partial charge in [0.05, 0.1) is 36.1 Å². The highest BCUT2D eigenvalue weighted by molar-refractivity contribution is 7.80. The van der Waals surface area contributed by atoms with E-state index in [0.29, 0.717) is 35.4 Å². The van der Waals surface area contributed by atoms with Crippen molar-refractivity contribution in [2.75, 3.05) is 36.1 Å². The van der Waals surface area contributed by atoms with E-state index in [1.165, 1.54) is 12.1 Å². The van der Waals surface area contributed by atoms with Crippen LogP contribution in [0.3, 0.4) is 0 Å². The van der Waals surface area contributed by atoms with Gasteiger partial charge in [-0.2, -0.15) is 0 Å². The number of aromatic nitrogens is 1. The number of benzene rings is 2. The predicted molar refractivity (Wildman–Crippen MR) is 155 cm³/mol. The summed E-state index contributed by atoms with van der Waals surface area (Å²) >= 11 is 5.81. The number of nitrogens with zero attached hydrogens (tertiary/aromatic N) is 3. The molecular formula is C30H26N4O6S. The van der Waals surface area contributed by atoms with Gasteiger partial charge >= 0.3 is 11.9 Å². The zero-order chi connectivity index (χ0) is 28.5. The quantitative estimate of drug-likeness (QED) is 0.266. The molecule has 2 aromatic heterocycles. The van der Waals surface area contributed by atoms with Crippen LogP contribution in [0.2, 0.25) is 0 Å². The summed E-state index contributed by atoms with van der Waals surface area (Å²) in [7, 11) is 0. The SMILES string of the molecule is O=C(O)c1cc(C(=O)O)cc(-c2ccc([C@@H]3[C@H](c4ccccn4)NC(=S)N3c3ccc(N4CCOCC4)cc3)o2)c1. The summed E-state index contributed by atoms with van der Waals surface area (Å²) in [4.78, 5) is 32.2. The Morgan fingerprint density at radius 1 is 0.902 bits per heavy atom. The van der Waals surface area contributed by atoms with E-state index in [4.69, 9.17) is 21.4 Å². The van der Waals surface area contributed by atoms with Crippen LogP contribution in [0.25, 0.3) is 11.3 Å². The van der Waals surface area contributed by atoms with Crippen molar-refractivity contribution in [1.82, 2.24) is 10.3 Å². The summed E-state index contributed by atoms with van der Waals surface area (Å²) < 4.78 is 11.8. The van der Waals surface area contributed by atoms with Crippen molar-refractivity contribution in [3.05, 3.63) is 102 Å². The van der Waals surface area contributed by atoms with E-state index >= 15 is 0 Å². The number of anilines is 2. The first-order chi connectivity index (χ1) is 19.9. The molecule has 4 heterocycles. The molecule has 0 spiro atoms. The highest BCUT2D eigenvalue weighted by Gasteiger charge is 2.42. The Morgan fingerprint density at radius 3 is 2.22 bits per heavy atom. The number of nitrogens with one attached hydrogen (secondary N) is 1. The molecule has 11 heteroatoms. The van der Waals surface area contributed by atoms with Gasteiger partial charge in [0.1, 0.15) is 17.6 Å². The number of furan rings is 1. The van der Waals surface area contributed by atoms with Crippen molar-refractivity contribution >= 4 is 40.6 Å². The lowest BCUT2D eigenvalue weighted by Crippen LogP contribution is -2.36. The van der Waals surface area contributed by atoms with Crippen molar-refractivity contribution in [2.24, 2.45) is 0 Å². The molecule has 6 rings (SSSR count). The average Bonchev–Trinajstić information content (AvgIpc) is 3.62. The summed E-state index contributed by atoms with van der Waals surface area (Å²) in [5.41, 5.74) is 2.79. The molecule has 208 valence electrons. The van der Waals surface area contributed by atoms with Gasteiger partial charge in [-0.15, -0.1) is 0 Å². The van der Waals surface area contributed by atoms with Gasteiger partial charge in [-0.1, -0.05) is 6.07 Å². The molecule has 4 aromatic rings. The van der Waals surface area contributed by atoms with Gasteiger partial charge in [0.2, 0.25) is 0 Å². The maximum atomic E-state index is 11.7. The summed E-state index contributed by atoms with van der Waals surface area (Å²) in [5.74, 6) is -1.56. The Balaban J connectivity index is 1.39. The molecule has 0 aliphatic carbocycles. The molecule has 0 amide bonds. The molecule has 10 nitrogen and oxygen atoms in total. The first kappa shape index (κ1) is 26.5. The molecule has 2 aromatic carbocycles. The number of morpholine rings is 1. The molecule has 2 aliphatic heterocycles. The van der Waals surface area contributed by atoms with Crippen LogP contribution in [0.1, 0.15) is 44.3 Å². The summed E-state index contributed by atoms with van der Waals surface area (Å²) in [6, 6.07) is 20.5. The third-order valence-corrected chi connectivity index (χ3v) is 7.55. The fourth-order valence-electron chi connectivity index (χ4n) is 5.25. The Labute approximate surface area is 240 Å². The van der Waals surface area contributed by atoms with Crippen LogP contribution in [-0.2, 0) is 4.74 Å². The molecule has 2 aliphatic rings. The number of carboxylic acids is 2. The summed E-state index contributed by atoms with van der Waals surface area (Å²) in [6.45, 7) is 3.05. The van der Waals surface area contributed by atoms with Crippen molar-refractivity contribution in [1.29, 1.82) is 0 Å². The molecule has 2 atom stereocenters. The van der Waals surface area contributed by atoms with E-state index in [1.807, 2.05) is 35.2 Å². The van der Waals surface area contributed by atoms with Gasteiger partial charge in [-0.25, -0.2) is 9.59 Å². The second-order valence-electron chi connectivity index (χ2n) is 9.72. The van der Waals surface area contributed by atoms with Crippen molar-refractivity contribution in [3.8, 4) is 11.3 Å². The van der Waals surface area contributed by atoms with Crippen molar-refractivity contribution in [2.45, 2.75) is 12.1 Å². The zero-order valence-corrected chi connectivity index (χ0v) is 22.6. The number of carbonyl (C=O) groups is 2. The minimum atomic E-state index is -1.23. The minimum Gasteiger partial charge on any atom is -0.478 e. The number of ether oxygens (including phenoxy) is 1. The Bertz CT molecular complexity index is 1570. The first-order valence-corrected chi connectivity index (χ1v) is 13.4. The molecule has 0 radical (unpaired) electrons. The Hall–Kier alpha value is -4.74. The molecule has 0 bridgehead atoms. The molecule has 0 unspecified atom stereocenters. The number of hydrogen-bond acceptors (Lipinski definition) is 7. The maximum Gasteiger partial charge on any atom is 0.335 e. The highest BCUT2D eigenvalue weighted by atomic mass is 32.1. The number of pyridine rings is 1. The lowest BCUT2D eigenvalue weighted by molar-refractivity contribution is 0.0696. The van der Waals surface area contributed by atoms with Crippen LogP contribution in [0.5, 0.6) is 0 Å². The first-order valence-electron chi connectivity index (χ1n) is 13.0. The van der Waals surface area contributed by atoms with Gasteiger partial charge in [0.15, 0.2) is 5.11 Å². The average molecular weight is 571 g/mol. The Kier molecular flexibility index (Phi) is 7.12. The topological polar surface area (TPSA) is 128 Å². The predicted octanol–water partition coefficient (Wildman–Crippen LogP) is 4.75. The number of rotatable bonds is 7. The van der Waals surface area contributed by atoms with Gasteiger partial charge in [0, 0.05) is 36.2 Å². The van der Waals surface area contributed by atoms with Crippen LogP contribution in [-0.4, -0.2) is 58.6 Å². The minimum absolute atomic E-state index is 0.144. The molecule has 0 saturated carbocycles. The number of hydrogen-bond donors (Lipinski definition) is 3. The van der Waals surface area contributed by atoms with E-state index in [0.717, 1.165) is 36.2 Å². The lowest BCUT2D eigenvalue weighted by Gasteiger charge is -2.30. The standard InChI is InChI=1S/C30H26N4O6S/c35-28(36)19-15-18(16-20(17-19)29(37)38)24-8-9-25(40-24)27-26(23-3-1-2-10-31-23)32-30(41)34(27)22-6-4-21(5-7-22)33-11-13-39-14-12-33/h1-10,15-17,26-27H,11-14H2,(H,32,41)(H,35,36)(H,37,38)/t26-,27+/m0/s1. The van der Waals surface area contributed by atoms with Gasteiger partial charge in [-0.3, -0.25) is 4.98 Å². The van der Waals surface area contributed by atoms with Crippen LogP contribution in [0, 0.1) is 0 Å². The Morgan fingerprint density at radius 2 is 1.59 bits per heavy atom. The normalized spacial score (nSPS) is 18.8. The number of carboxylic acid groups (broad SMARTS) is 2. The third kappa shape index (κ3) is 5.24. The van der Waals surface area contributed by atoms with Crippen LogP contribution < -0.4 is 15.1 Å². The highest BCUT2D eigenvalue weighted by Crippen LogP contribution is 2.43. The fourth-order valence-corrected chi connectivity index (χ4v) is 5.60. The third-order valence-electron chi connectivity index (χ3n) is 7.23. The molecule has 41 heavy (non-hydrogen) atoms. The van der Waals surface area contributed by atoms with Gasteiger partial charge in [-0.05, 0) is 78.9 Å². The van der Waals surface area contributed by atoms with Crippen LogP contribution >= 0.6 is 12.2 Å². The number of aromatic carboxylic acids is 2. The second kappa shape index (κ2) is 11.0. The smallest absolute Gasteiger partial charge is 0.335 e. The zero-order valence-electron chi connectivity index (χ0n) is 21.8. The molecule has 2 saturated heterocycles. The van der Waals surface area contributed by atoms with E-state index < -0.39 is 18.0 Å². The van der Waals surface area contributed by atoms with Gasteiger partial charge in [0.25, 0.3) is 0 Å². The molecular weight excluding hydrogens is 544 g/mol. The number of thiocarbonyl (C=S) groups is 1. The van der Waals surface area contributed by atoms with E-state index in [9.17, 15) is 19.8 Å². The van der Waals surface area contributed by atoms with Crippen molar-refractivity contribution in [3.63, 3.8) is 0 Å². The molecule has 2 fully saturated rings. The van der Waals surface area contributed by atoms with Crippen LogP contribution in [0.15, 0.2) is 83.4 Å². The van der Waals surface area contributed by atoms with E-state index in [1.54, 1.807) is 18.3 Å². The summed E-state index contributed by atoms with van der Waals surface area (Å²) in [5, 5.41) is 22.9. The van der Waals surface area contributed by atoms with Gasteiger partial charge < -0.3 is 34.5 Å². The summed E-state index contributed by atoms with van der Waals surface area (Å²) in [6.07, 6.45) is 1.72. The lowest BCUT2D eigenvalue weighted by atomic mass is 10.0. The van der Waals surface area contributed by atoms with E-state index in [-0.39, 0.29) is 17.2 Å². The monoisotopic (exact) mass is 570 g/mol. The largest absolute Gasteiger partial charge is 0.478 e. The van der Waals surface area contributed by atoms with Crippen LogP contribution in [0.4, 0.5) is 11.4 Å². The fraction of sp³-hybridized carbons (Fsp3) is 0.200. The maximum absolute atomic E-state index is 11.7.